The standard InChI is InChI=1S/C13H22N2O2PS/c1-18(13-3-2-12-19-13,14-4-8-16-9-5-14)15-6-10-17-11-7-15/h2-3,12H,4-11H2,1H3/q+1. The van der Waals surface area contributed by atoms with Crippen LogP contribution in [0, 0.1) is 0 Å². The van der Waals surface area contributed by atoms with Gasteiger partial charge in [-0.05, 0) is 17.5 Å². The first-order chi connectivity index (χ1) is 9.32. The van der Waals surface area contributed by atoms with Crippen molar-refractivity contribution in [2.75, 3.05) is 59.3 Å². The average molecular weight is 301 g/mol. The Labute approximate surface area is 119 Å². The molecule has 1 aromatic heterocycles. The molecule has 3 heterocycles. The molecule has 0 amide bonds. The molecule has 4 nitrogen and oxygen atoms in total. The molecule has 2 saturated heterocycles. The second-order valence-electron chi connectivity index (χ2n) is 5.00. The van der Waals surface area contributed by atoms with Gasteiger partial charge in [0.1, 0.15) is 0 Å². The van der Waals surface area contributed by atoms with E-state index in [1.807, 2.05) is 11.3 Å². The van der Waals surface area contributed by atoms with Gasteiger partial charge < -0.3 is 9.47 Å². The van der Waals surface area contributed by atoms with Gasteiger partial charge >= 0.3 is 0 Å². The Morgan fingerprint density at radius 2 is 1.53 bits per heavy atom. The molecule has 1 aromatic rings. The van der Waals surface area contributed by atoms with E-state index >= 15 is 0 Å². The summed E-state index contributed by atoms with van der Waals surface area (Å²) >= 11 is 1.90. The number of hydrogen-bond acceptors (Lipinski definition) is 5. The van der Waals surface area contributed by atoms with E-state index in [9.17, 15) is 0 Å². The number of thiophene rings is 1. The quantitative estimate of drug-likeness (QED) is 0.790. The van der Waals surface area contributed by atoms with Gasteiger partial charge in [0.15, 0.2) is 12.2 Å². The van der Waals surface area contributed by atoms with Crippen molar-refractivity contribution < 1.29 is 9.47 Å². The van der Waals surface area contributed by atoms with Gasteiger partial charge in [0.2, 0.25) is 0 Å². The average Bonchev–Trinajstić information content (AvgIpc) is 3.03. The van der Waals surface area contributed by atoms with Gasteiger partial charge in [-0.15, -0.1) is 11.3 Å². The van der Waals surface area contributed by atoms with E-state index in [1.54, 1.807) is 0 Å². The topological polar surface area (TPSA) is 24.9 Å². The molecule has 0 radical (unpaired) electrons. The maximum atomic E-state index is 5.54. The van der Waals surface area contributed by atoms with Gasteiger partial charge in [-0.3, -0.25) is 0 Å². The van der Waals surface area contributed by atoms with Gasteiger partial charge in [0.25, 0.3) is 0 Å². The van der Waals surface area contributed by atoms with Crippen LogP contribution in [0.4, 0.5) is 0 Å². The zero-order valence-electron chi connectivity index (χ0n) is 11.5. The van der Waals surface area contributed by atoms with Crippen molar-refractivity contribution in [3.8, 4) is 0 Å². The first-order valence-electron chi connectivity index (χ1n) is 6.89. The van der Waals surface area contributed by atoms with Crippen molar-refractivity contribution >= 4 is 23.5 Å². The Balaban J connectivity index is 1.89. The lowest BCUT2D eigenvalue weighted by Crippen LogP contribution is -2.48. The number of morpholine rings is 2. The van der Waals surface area contributed by atoms with Crippen molar-refractivity contribution in [3.05, 3.63) is 17.5 Å². The molecule has 0 N–H and O–H groups in total. The summed E-state index contributed by atoms with van der Waals surface area (Å²) in [5.74, 6) is 0. The highest BCUT2D eigenvalue weighted by Gasteiger charge is 2.50. The maximum absolute atomic E-state index is 5.54. The van der Waals surface area contributed by atoms with Crippen molar-refractivity contribution in [2.24, 2.45) is 0 Å². The van der Waals surface area contributed by atoms with Crippen LogP contribution < -0.4 is 4.62 Å². The predicted molar refractivity (Wildman–Crippen MR) is 81.6 cm³/mol. The highest BCUT2D eigenvalue weighted by atomic mass is 32.1. The summed E-state index contributed by atoms with van der Waals surface area (Å²) in [7, 11) is -1.40. The fourth-order valence-electron chi connectivity index (χ4n) is 2.85. The molecule has 0 unspecified atom stereocenters. The second kappa shape index (κ2) is 6.17. The summed E-state index contributed by atoms with van der Waals surface area (Å²) in [6, 6.07) is 4.49. The summed E-state index contributed by atoms with van der Waals surface area (Å²) in [5.41, 5.74) is 0. The van der Waals surface area contributed by atoms with E-state index in [0.29, 0.717) is 0 Å². The Morgan fingerprint density at radius 1 is 1.00 bits per heavy atom. The Morgan fingerprint density at radius 3 is 1.95 bits per heavy atom. The fraction of sp³-hybridized carbons (Fsp3) is 0.692. The van der Waals surface area contributed by atoms with E-state index < -0.39 is 7.56 Å². The lowest BCUT2D eigenvalue weighted by atomic mass is 10.5. The van der Waals surface area contributed by atoms with Gasteiger partial charge in [-0.25, -0.2) is 0 Å². The van der Waals surface area contributed by atoms with Crippen LogP contribution in [0.15, 0.2) is 17.5 Å². The van der Waals surface area contributed by atoms with Gasteiger partial charge in [-0.2, -0.15) is 9.34 Å². The summed E-state index contributed by atoms with van der Waals surface area (Å²) in [4.78, 5) is 0. The lowest BCUT2D eigenvalue weighted by Gasteiger charge is -2.42. The van der Waals surface area contributed by atoms with E-state index in [4.69, 9.17) is 9.47 Å². The molecule has 106 valence electrons. The number of hydrogen-bond donors (Lipinski definition) is 0. The summed E-state index contributed by atoms with van der Waals surface area (Å²) < 4.78 is 18.0. The highest BCUT2D eigenvalue weighted by molar-refractivity contribution is 7.82. The van der Waals surface area contributed by atoms with E-state index in [-0.39, 0.29) is 0 Å². The number of rotatable bonds is 3. The third-order valence-corrected chi connectivity index (χ3v) is 10.0. The van der Waals surface area contributed by atoms with Gasteiger partial charge in [0, 0.05) is 0 Å². The molecule has 0 spiro atoms. The molecular formula is C13H22N2O2PS+. The molecule has 2 fully saturated rings. The molecule has 0 aromatic carbocycles. The summed E-state index contributed by atoms with van der Waals surface area (Å²) in [6.45, 7) is 10.2. The predicted octanol–water partition coefficient (Wildman–Crippen LogP) is 1.52. The van der Waals surface area contributed by atoms with Gasteiger partial charge in [0.05, 0.1) is 59.3 Å². The molecule has 2 aliphatic heterocycles. The summed E-state index contributed by atoms with van der Waals surface area (Å²) in [6.07, 6.45) is 0. The van der Waals surface area contributed by atoms with Crippen molar-refractivity contribution in [3.63, 3.8) is 0 Å². The van der Waals surface area contributed by atoms with Crippen LogP contribution in [-0.4, -0.2) is 68.6 Å². The third-order valence-electron chi connectivity index (χ3n) is 4.00. The minimum atomic E-state index is -1.40. The van der Waals surface area contributed by atoms with Crippen LogP contribution in [0.3, 0.4) is 0 Å². The Kier molecular flexibility index (Phi) is 4.52. The first kappa shape index (κ1) is 13.9. The third kappa shape index (κ3) is 2.73. The normalized spacial score (nSPS) is 23.6. The second-order valence-corrected chi connectivity index (χ2v) is 9.69. The SMILES string of the molecule is C[P+](c1cccs1)(N1CCOCC1)N1CCOCC1. The van der Waals surface area contributed by atoms with Crippen LogP contribution in [0.2, 0.25) is 0 Å². The Bertz CT molecular complexity index is 371. The number of nitrogens with zero attached hydrogens (tertiary/aromatic N) is 2. The summed E-state index contributed by atoms with van der Waals surface area (Å²) in [5, 5.41) is 2.20. The van der Waals surface area contributed by atoms with Gasteiger partial charge in [-0.1, -0.05) is 0 Å². The Hall–Kier alpha value is -0.0300. The van der Waals surface area contributed by atoms with Crippen LogP contribution in [0.1, 0.15) is 0 Å². The van der Waals surface area contributed by atoms with Crippen molar-refractivity contribution in [1.82, 2.24) is 9.34 Å². The molecule has 19 heavy (non-hydrogen) atoms. The minimum absolute atomic E-state index is 0.866. The van der Waals surface area contributed by atoms with Crippen LogP contribution >= 0.6 is 18.9 Å². The van der Waals surface area contributed by atoms with Crippen LogP contribution in [0.5, 0.6) is 0 Å². The van der Waals surface area contributed by atoms with Crippen LogP contribution in [0.25, 0.3) is 0 Å². The molecule has 2 aliphatic rings. The van der Waals surface area contributed by atoms with E-state index in [0.717, 1.165) is 52.6 Å². The zero-order chi connectivity index (χ0) is 13.1. The van der Waals surface area contributed by atoms with Crippen molar-refractivity contribution in [2.45, 2.75) is 0 Å². The molecule has 0 saturated carbocycles. The number of ether oxygens (including phenoxy) is 2. The maximum Gasteiger partial charge on any atom is 0.193 e. The van der Waals surface area contributed by atoms with Crippen molar-refractivity contribution in [1.29, 1.82) is 0 Å². The zero-order valence-corrected chi connectivity index (χ0v) is 13.2. The molecular weight excluding hydrogens is 279 g/mol. The van der Waals surface area contributed by atoms with E-state index in [2.05, 4.69) is 33.5 Å². The molecule has 0 aliphatic carbocycles. The van der Waals surface area contributed by atoms with Crippen LogP contribution in [-0.2, 0) is 9.47 Å². The minimum Gasteiger partial charge on any atom is -0.378 e. The monoisotopic (exact) mass is 301 g/mol. The lowest BCUT2D eigenvalue weighted by molar-refractivity contribution is 0.0570. The van der Waals surface area contributed by atoms with E-state index in [1.165, 1.54) is 4.62 Å². The molecule has 0 atom stereocenters. The molecule has 0 bridgehead atoms. The largest absolute Gasteiger partial charge is 0.378 e. The smallest absolute Gasteiger partial charge is 0.193 e. The molecule has 6 heteroatoms. The highest BCUT2D eigenvalue weighted by Crippen LogP contribution is 2.61. The fourth-order valence-corrected chi connectivity index (χ4v) is 8.15. The molecule has 3 rings (SSSR count). The first-order valence-corrected chi connectivity index (χ1v) is 9.91.